The van der Waals surface area contributed by atoms with Crippen LogP contribution in [0, 0.1) is 0 Å². The van der Waals surface area contributed by atoms with E-state index in [0.29, 0.717) is 11.6 Å². The first-order valence-corrected chi connectivity index (χ1v) is 22.2. The summed E-state index contributed by atoms with van der Waals surface area (Å²) in [5.41, 5.74) is 12.8. The van der Waals surface area contributed by atoms with Crippen LogP contribution in [0.3, 0.4) is 0 Å². The SMILES string of the molecule is c1ccc(-c2ccc(-c3nc(-c4cccc(-c5cccc(-c6nc(-c7ccc(-c8ccccc8)cc7)c7c(n6)sc6ccccc67)c5)c4)nc4sc5ccccc5c34)cc2)cc1. The molecule has 0 saturated heterocycles. The number of thiophene rings is 2. The fourth-order valence-corrected chi connectivity index (χ4v) is 10.7. The maximum atomic E-state index is 5.35. The Bertz CT molecular complexity index is 3370. The van der Waals surface area contributed by atoms with Gasteiger partial charge < -0.3 is 0 Å². The molecule has 4 aromatic heterocycles. The molecule has 0 aliphatic rings. The van der Waals surface area contributed by atoms with Crippen molar-refractivity contribution in [1.82, 2.24) is 19.9 Å². The Kier molecular flexibility index (Phi) is 8.84. The van der Waals surface area contributed by atoms with Crippen molar-refractivity contribution in [2.75, 3.05) is 0 Å². The van der Waals surface area contributed by atoms with Gasteiger partial charge in [0.25, 0.3) is 0 Å². The number of hydrogen-bond donors (Lipinski definition) is 0. The van der Waals surface area contributed by atoms with Crippen LogP contribution < -0.4 is 0 Å². The zero-order chi connectivity index (χ0) is 41.0. The third-order valence-corrected chi connectivity index (χ3v) is 13.7. The van der Waals surface area contributed by atoms with E-state index in [1.807, 2.05) is 12.1 Å². The lowest BCUT2D eigenvalue weighted by molar-refractivity contribution is 1.24. The number of aromatic nitrogens is 4. The summed E-state index contributed by atoms with van der Waals surface area (Å²) in [7, 11) is 0. The minimum Gasteiger partial charge on any atom is -0.227 e. The Labute approximate surface area is 366 Å². The van der Waals surface area contributed by atoms with E-state index in [4.69, 9.17) is 19.9 Å². The molecule has 8 aromatic carbocycles. The van der Waals surface area contributed by atoms with Gasteiger partial charge in [0, 0.05) is 53.2 Å². The number of benzene rings is 8. The van der Waals surface area contributed by atoms with E-state index < -0.39 is 0 Å². The maximum absolute atomic E-state index is 5.35. The number of nitrogens with zero attached hydrogens (tertiary/aromatic N) is 4. The molecule has 0 N–H and O–H groups in total. The summed E-state index contributed by atoms with van der Waals surface area (Å²) >= 11 is 3.43. The molecule has 0 aliphatic heterocycles. The Morgan fingerprint density at radius 1 is 0.258 bits per heavy atom. The van der Waals surface area contributed by atoms with Gasteiger partial charge in [-0.15, -0.1) is 22.7 Å². The average Bonchev–Trinajstić information content (AvgIpc) is 3.93. The minimum atomic E-state index is 0.700. The Balaban J connectivity index is 0.945. The van der Waals surface area contributed by atoms with Gasteiger partial charge in [0.05, 0.1) is 11.4 Å². The van der Waals surface area contributed by atoms with Gasteiger partial charge in [-0.1, -0.05) is 182 Å². The van der Waals surface area contributed by atoms with Crippen LogP contribution in [-0.4, -0.2) is 19.9 Å². The standard InChI is InChI=1S/C56H34N4S2/c1-3-13-35(14-4-1)37-25-29-39(30-26-37)51-49-45-21-7-9-23-47(45)61-55(49)59-53(57-51)43-19-11-17-41(33-43)42-18-12-20-44(34-42)54-58-52(50-46-22-8-10-24-48(46)62-56(50)60-54)40-31-27-38(28-32-40)36-15-5-2-6-16-36/h1-34H. The summed E-state index contributed by atoms with van der Waals surface area (Å²) in [5.74, 6) is 1.40. The second-order valence-electron chi connectivity index (χ2n) is 15.4. The van der Waals surface area contributed by atoms with Crippen molar-refractivity contribution in [3.63, 3.8) is 0 Å². The molecule has 0 atom stereocenters. The number of fused-ring (bicyclic) bond motifs is 6. The van der Waals surface area contributed by atoms with Gasteiger partial charge in [0.1, 0.15) is 9.66 Å². The molecule has 0 unspecified atom stereocenters. The van der Waals surface area contributed by atoms with Crippen molar-refractivity contribution in [3.05, 3.63) is 206 Å². The molecule has 0 saturated carbocycles. The first kappa shape index (κ1) is 36.2. The monoisotopic (exact) mass is 826 g/mol. The smallest absolute Gasteiger partial charge is 0.161 e. The molecule has 0 bridgehead atoms. The van der Waals surface area contributed by atoms with Crippen molar-refractivity contribution in [3.8, 4) is 78.7 Å². The highest BCUT2D eigenvalue weighted by molar-refractivity contribution is 7.26. The highest BCUT2D eigenvalue weighted by Crippen LogP contribution is 2.42. The average molecular weight is 827 g/mol. The van der Waals surface area contributed by atoms with Crippen LogP contribution in [0.4, 0.5) is 0 Å². The molecule has 0 radical (unpaired) electrons. The highest BCUT2D eigenvalue weighted by atomic mass is 32.1. The van der Waals surface area contributed by atoms with Crippen LogP contribution >= 0.6 is 22.7 Å². The molecule has 0 aliphatic carbocycles. The molecular weight excluding hydrogens is 793 g/mol. The molecule has 0 spiro atoms. The highest BCUT2D eigenvalue weighted by Gasteiger charge is 2.19. The van der Waals surface area contributed by atoms with E-state index in [1.165, 1.54) is 42.4 Å². The van der Waals surface area contributed by atoms with Gasteiger partial charge in [-0.05, 0) is 57.6 Å². The van der Waals surface area contributed by atoms with E-state index in [1.54, 1.807) is 22.7 Å². The normalized spacial score (nSPS) is 11.5. The molecule has 290 valence electrons. The van der Waals surface area contributed by atoms with Crippen LogP contribution in [0.15, 0.2) is 206 Å². The van der Waals surface area contributed by atoms with Crippen molar-refractivity contribution in [2.24, 2.45) is 0 Å². The van der Waals surface area contributed by atoms with E-state index >= 15 is 0 Å². The Morgan fingerprint density at radius 3 is 1.03 bits per heavy atom. The third-order valence-electron chi connectivity index (χ3n) is 11.6. The van der Waals surface area contributed by atoms with Crippen molar-refractivity contribution in [2.45, 2.75) is 0 Å². The predicted octanol–water partition coefficient (Wildman–Crippen LogP) is 15.7. The molecule has 0 fully saturated rings. The van der Waals surface area contributed by atoms with Gasteiger partial charge in [-0.2, -0.15) is 0 Å². The summed E-state index contributed by atoms with van der Waals surface area (Å²) in [6.07, 6.45) is 0. The molecule has 62 heavy (non-hydrogen) atoms. The summed E-state index contributed by atoms with van der Waals surface area (Å²) in [4.78, 5) is 23.1. The molecule has 0 amide bonds. The van der Waals surface area contributed by atoms with Crippen molar-refractivity contribution >= 4 is 63.3 Å². The van der Waals surface area contributed by atoms with Gasteiger partial charge >= 0.3 is 0 Å². The number of hydrogen-bond acceptors (Lipinski definition) is 6. The van der Waals surface area contributed by atoms with E-state index in [-0.39, 0.29) is 0 Å². The fourth-order valence-electron chi connectivity index (χ4n) is 8.50. The molecule has 4 heterocycles. The first-order chi connectivity index (χ1) is 30.7. The lowest BCUT2D eigenvalue weighted by atomic mass is 9.99. The zero-order valence-electron chi connectivity index (χ0n) is 33.2. The van der Waals surface area contributed by atoms with Crippen molar-refractivity contribution < 1.29 is 0 Å². The van der Waals surface area contributed by atoms with Crippen LogP contribution in [-0.2, 0) is 0 Å². The van der Waals surface area contributed by atoms with Gasteiger partial charge in [0.2, 0.25) is 0 Å². The topological polar surface area (TPSA) is 51.6 Å². The van der Waals surface area contributed by atoms with Gasteiger partial charge in [-0.25, -0.2) is 19.9 Å². The summed E-state index contributed by atoms with van der Waals surface area (Å²) in [6, 6.07) is 72.7. The fraction of sp³-hybridized carbons (Fsp3) is 0. The molecule has 12 aromatic rings. The maximum Gasteiger partial charge on any atom is 0.161 e. The second-order valence-corrected chi connectivity index (χ2v) is 17.5. The van der Waals surface area contributed by atoms with E-state index in [0.717, 1.165) is 65.2 Å². The Morgan fingerprint density at radius 2 is 0.597 bits per heavy atom. The zero-order valence-corrected chi connectivity index (χ0v) is 34.9. The third kappa shape index (κ3) is 6.45. The quantitative estimate of drug-likeness (QED) is 0.161. The summed E-state index contributed by atoms with van der Waals surface area (Å²) < 4.78 is 2.40. The van der Waals surface area contributed by atoms with Gasteiger partial charge in [-0.3, -0.25) is 0 Å². The molecule has 4 nitrogen and oxygen atoms in total. The Hall–Kier alpha value is -7.64. The lowest BCUT2D eigenvalue weighted by Crippen LogP contribution is -1.95. The van der Waals surface area contributed by atoms with Crippen LogP contribution in [0.5, 0.6) is 0 Å². The molecular formula is C56H34N4S2. The van der Waals surface area contributed by atoms with Crippen molar-refractivity contribution in [1.29, 1.82) is 0 Å². The largest absolute Gasteiger partial charge is 0.227 e. The second kappa shape index (κ2) is 15.1. The van der Waals surface area contributed by atoms with Crippen LogP contribution in [0.25, 0.3) is 119 Å². The summed E-state index contributed by atoms with van der Waals surface area (Å²) in [6.45, 7) is 0. The minimum absolute atomic E-state index is 0.700. The summed E-state index contributed by atoms with van der Waals surface area (Å²) in [5, 5.41) is 4.53. The molecule has 12 rings (SSSR count). The first-order valence-electron chi connectivity index (χ1n) is 20.6. The van der Waals surface area contributed by atoms with Crippen LogP contribution in [0.1, 0.15) is 0 Å². The van der Waals surface area contributed by atoms with Gasteiger partial charge in [0.15, 0.2) is 11.6 Å². The molecule has 6 heteroatoms. The predicted molar refractivity (Wildman–Crippen MR) is 261 cm³/mol. The number of rotatable bonds is 7. The van der Waals surface area contributed by atoms with E-state index in [2.05, 4.69) is 194 Å². The lowest BCUT2D eigenvalue weighted by Gasteiger charge is -2.11. The van der Waals surface area contributed by atoms with E-state index in [9.17, 15) is 0 Å². The van der Waals surface area contributed by atoms with Crippen LogP contribution in [0.2, 0.25) is 0 Å².